The van der Waals surface area contributed by atoms with Crippen LogP contribution in [0.5, 0.6) is 5.75 Å². The number of ether oxygens (including phenoxy) is 2. The van der Waals surface area contributed by atoms with Crippen molar-refractivity contribution in [3.8, 4) is 5.75 Å². The van der Waals surface area contributed by atoms with Crippen molar-refractivity contribution < 1.29 is 41.6 Å². The number of para-hydroxylation sites is 1. The molecule has 0 aliphatic carbocycles. The van der Waals surface area contributed by atoms with Gasteiger partial charge in [0, 0.05) is 12.4 Å². The highest BCUT2D eigenvalue weighted by Gasteiger charge is 2.45. The van der Waals surface area contributed by atoms with Crippen LogP contribution in [-0.2, 0) is 24.1 Å². The van der Waals surface area contributed by atoms with Gasteiger partial charge >= 0.3 is 10.4 Å². The van der Waals surface area contributed by atoms with Gasteiger partial charge in [0.25, 0.3) is 0 Å². The first kappa shape index (κ1) is 21.9. The standard InChI is InChI=1S/C12H14O9S.C5H5N/c13-9-8(6-19-22(16,17)18)21-12(11(15)10(9)14)20-7-4-2-1-3-5-7;1-2-4-6-5-3-1/h1-5,8-9,11-13,15H,6H2,(H,16,17,18);1-5H/t8-,9-,11-,12-;/m1./s1. The summed E-state index contributed by atoms with van der Waals surface area (Å²) in [6, 6.07) is 13.8. The molecule has 0 amide bonds. The van der Waals surface area contributed by atoms with Crippen molar-refractivity contribution in [1.82, 2.24) is 4.98 Å². The maximum atomic E-state index is 11.7. The van der Waals surface area contributed by atoms with Gasteiger partial charge in [-0.1, -0.05) is 24.3 Å². The molecule has 1 fully saturated rings. The van der Waals surface area contributed by atoms with Crippen LogP contribution in [0.25, 0.3) is 0 Å². The van der Waals surface area contributed by atoms with Gasteiger partial charge in [-0.05, 0) is 24.3 Å². The Morgan fingerprint density at radius 2 is 1.61 bits per heavy atom. The first-order chi connectivity index (χ1) is 13.3. The minimum absolute atomic E-state index is 0.296. The van der Waals surface area contributed by atoms with E-state index in [-0.39, 0.29) is 0 Å². The number of ketones is 1. The molecule has 0 unspecified atom stereocenters. The molecule has 152 valence electrons. The molecule has 0 bridgehead atoms. The van der Waals surface area contributed by atoms with Crippen LogP contribution in [0.1, 0.15) is 0 Å². The zero-order chi connectivity index (χ0) is 20.6. The Bertz CT molecular complexity index is 806. The lowest BCUT2D eigenvalue weighted by atomic mass is 10.0. The molecule has 4 atom stereocenters. The zero-order valence-corrected chi connectivity index (χ0v) is 15.3. The van der Waals surface area contributed by atoms with Gasteiger partial charge in [-0.15, -0.1) is 0 Å². The van der Waals surface area contributed by atoms with Crippen LogP contribution >= 0.6 is 0 Å². The van der Waals surface area contributed by atoms with Gasteiger partial charge in [0.1, 0.15) is 18.0 Å². The Balaban J connectivity index is 0.000000397. The fraction of sp³-hybridized carbons (Fsp3) is 0.294. The quantitative estimate of drug-likeness (QED) is 0.570. The number of aliphatic hydroxyl groups excluding tert-OH is 2. The molecule has 3 N–H and O–H groups in total. The lowest BCUT2D eigenvalue weighted by Gasteiger charge is -2.35. The van der Waals surface area contributed by atoms with Crippen molar-refractivity contribution in [1.29, 1.82) is 0 Å². The molecule has 1 aromatic heterocycles. The molecule has 3 rings (SSSR count). The predicted molar refractivity (Wildman–Crippen MR) is 94.5 cm³/mol. The van der Waals surface area contributed by atoms with E-state index >= 15 is 0 Å². The van der Waals surface area contributed by atoms with E-state index in [1.165, 1.54) is 0 Å². The number of nitrogens with zero attached hydrogens (tertiary/aromatic N) is 1. The number of hydrogen-bond donors (Lipinski definition) is 3. The van der Waals surface area contributed by atoms with E-state index in [0.717, 1.165) is 0 Å². The Labute approximate surface area is 161 Å². The third kappa shape index (κ3) is 6.96. The van der Waals surface area contributed by atoms with Crippen LogP contribution in [-0.4, -0.2) is 65.2 Å². The number of aromatic nitrogens is 1. The van der Waals surface area contributed by atoms with E-state index in [2.05, 4.69) is 9.17 Å². The van der Waals surface area contributed by atoms with Crippen molar-refractivity contribution in [2.45, 2.75) is 24.6 Å². The number of benzene rings is 1. The predicted octanol–water partition coefficient (Wildman–Crippen LogP) is -0.0178. The number of carbonyl (C=O) groups excluding carboxylic acids is 1. The maximum Gasteiger partial charge on any atom is 0.397 e. The number of aliphatic hydroxyl groups is 2. The summed E-state index contributed by atoms with van der Waals surface area (Å²) >= 11 is 0. The monoisotopic (exact) mass is 413 g/mol. The number of hydrogen-bond acceptors (Lipinski definition) is 9. The number of carbonyl (C=O) groups is 1. The van der Waals surface area contributed by atoms with Crippen molar-refractivity contribution in [3.63, 3.8) is 0 Å². The molecule has 2 heterocycles. The van der Waals surface area contributed by atoms with Gasteiger partial charge in [-0.3, -0.25) is 14.3 Å². The van der Waals surface area contributed by atoms with Crippen LogP contribution in [0.4, 0.5) is 0 Å². The molecule has 1 aliphatic rings. The van der Waals surface area contributed by atoms with Gasteiger partial charge in [-0.2, -0.15) is 8.42 Å². The second-order valence-corrected chi connectivity index (χ2v) is 6.59. The van der Waals surface area contributed by atoms with E-state index in [9.17, 15) is 23.4 Å². The van der Waals surface area contributed by atoms with Crippen LogP contribution < -0.4 is 4.74 Å². The van der Waals surface area contributed by atoms with Crippen molar-refractivity contribution in [2.24, 2.45) is 0 Å². The van der Waals surface area contributed by atoms with Gasteiger partial charge < -0.3 is 19.7 Å². The Hall–Kier alpha value is -2.41. The molecule has 1 saturated heterocycles. The lowest BCUT2D eigenvalue weighted by Crippen LogP contribution is -2.58. The molecule has 0 saturated carbocycles. The average molecular weight is 413 g/mol. The summed E-state index contributed by atoms with van der Waals surface area (Å²) in [6.07, 6.45) is -2.94. The summed E-state index contributed by atoms with van der Waals surface area (Å²) in [7, 11) is -4.76. The van der Waals surface area contributed by atoms with Gasteiger partial charge in [-0.25, -0.2) is 4.18 Å². The van der Waals surface area contributed by atoms with Gasteiger partial charge in [0.15, 0.2) is 11.9 Å². The molecule has 2 aromatic rings. The summed E-state index contributed by atoms with van der Waals surface area (Å²) in [6.45, 7) is -0.812. The van der Waals surface area contributed by atoms with E-state index in [1.807, 2.05) is 18.2 Å². The van der Waals surface area contributed by atoms with Crippen molar-refractivity contribution in [3.05, 3.63) is 60.9 Å². The zero-order valence-electron chi connectivity index (χ0n) is 14.4. The van der Waals surface area contributed by atoms with Crippen LogP contribution in [0.2, 0.25) is 0 Å². The fourth-order valence-corrected chi connectivity index (χ4v) is 2.44. The molecular formula is C17H19NO9S. The van der Waals surface area contributed by atoms with E-state index < -0.39 is 47.4 Å². The minimum atomic E-state index is -4.76. The largest absolute Gasteiger partial charge is 0.462 e. The highest BCUT2D eigenvalue weighted by molar-refractivity contribution is 7.80. The molecule has 0 radical (unpaired) electrons. The van der Waals surface area contributed by atoms with Gasteiger partial charge in [0.2, 0.25) is 6.29 Å². The van der Waals surface area contributed by atoms with E-state index in [4.69, 9.17) is 14.0 Å². The highest BCUT2D eigenvalue weighted by atomic mass is 32.3. The molecule has 11 heteroatoms. The summed E-state index contributed by atoms with van der Waals surface area (Å²) in [5, 5.41) is 19.4. The first-order valence-electron chi connectivity index (χ1n) is 8.02. The average Bonchev–Trinajstić information content (AvgIpc) is 2.69. The Morgan fingerprint density at radius 1 is 1.00 bits per heavy atom. The first-order valence-corrected chi connectivity index (χ1v) is 9.38. The Morgan fingerprint density at radius 3 is 2.11 bits per heavy atom. The molecular weight excluding hydrogens is 394 g/mol. The normalized spacial score (nSPS) is 24.8. The highest BCUT2D eigenvalue weighted by Crippen LogP contribution is 2.22. The molecule has 0 spiro atoms. The summed E-state index contributed by atoms with van der Waals surface area (Å²) in [4.78, 5) is 15.5. The molecule has 28 heavy (non-hydrogen) atoms. The molecule has 1 aromatic carbocycles. The summed E-state index contributed by atoms with van der Waals surface area (Å²) in [5.74, 6) is -0.707. The van der Waals surface area contributed by atoms with E-state index in [1.54, 1.807) is 42.7 Å². The number of pyridine rings is 1. The SMILES string of the molecule is O=C1[C@@H](O)[C@H](Oc2ccccc2)O[C@H](COS(=O)(=O)O)[C@H]1O.c1ccncc1. The van der Waals surface area contributed by atoms with Crippen LogP contribution in [0.3, 0.4) is 0 Å². The second-order valence-electron chi connectivity index (χ2n) is 5.50. The molecule has 10 nitrogen and oxygen atoms in total. The number of rotatable bonds is 5. The summed E-state index contributed by atoms with van der Waals surface area (Å²) in [5.41, 5.74) is 0. The fourth-order valence-electron chi connectivity index (χ4n) is 2.13. The molecule has 1 aliphatic heterocycles. The van der Waals surface area contributed by atoms with Crippen LogP contribution in [0, 0.1) is 0 Å². The third-order valence-electron chi connectivity index (χ3n) is 3.45. The second kappa shape index (κ2) is 10.2. The maximum absolute atomic E-state index is 11.7. The minimum Gasteiger partial charge on any atom is -0.462 e. The Kier molecular flexibility index (Phi) is 7.99. The summed E-state index contributed by atoms with van der Waals surface area (Å²) < 4.78 is 44.0. The van der Waals surface area contributed by atoms with Crippen molar-refractivity contribution in [2.75, 3.05) is 6.61 Å². The third-order valence-corrected chi connectivity index (χ3v) is 3.88. The number of Topliss-reactive ketones (excluding diaryl/α,β-unsaturated/α-hetero) is 1. The van der Waals surface area contributed by atoms with Gasteiger partial charge in [0.05, 0.1) is 6.61 Å². The van der Waals surface area contributed by atoms with E-state index in [0.29, 0.717) is 5.75 Å². The smallest absolute Gasteiger partial charge is 0.397 e. The lowest BCUT2D eigenvalue weighted by molar-refractivity contribution is -0.228. The van der Waals surface area contributed by atoms with Crippen molar-refractivity contribution >= 4 is 16.2 Å². The topological polar surface area (TPSA) is 152 Å². The van der Waals surface area contributed by atoms with Crippen LogP contribution in [0.15, 0.2) is 60.9 Å².